The lowest BCUT2D eigenvalue weighted by molar-refractivity contribution is 0.346. The monoisotopic (exact) mass is 544 g/mol. The molecule has 0 unspecified atom stereocenters. The van der Waals surface area contributed by atoms with Crippen LogP contribution in [0.4, 0.5) is 0 Å². The van der Waals surface area contributed by atoms with Crippen molar-refractivity contribution < 1.29 is 0 Å². The Morgan fingerprint density at radius 2 is 0.429 bits per heavy atom. The van der Waals surface area contributed by atoms with Crippen LogP contribution in [0.5, 0.6) is 0 Å². The third-order valence-electron chi connectivity index (χ3n) is 7.87. The lowest BCUT2D eigenvalue weighted by Gasteiger charge is -2.36. The average Bonchev–Trinajstić information content (AvgIpc) is 3.09. The molecular formula is C40H36N2. The minimum atomic E-state index is -0.0473. The Hall–Kier alpha value is -4.76. The molecule has 0 amide bonds. The molecule has 6 aromatic carbocycles. The molecule has 42 heavy (non-hydrogen) atoms. The Morgan fingerprint density at radius 3 is 0.643 bits per heavy atom. The number of benzene rings is 6. The molecule has 0 heterocycles. The molecule has 0 aliphatic rings. The highest BCUT2D eigenvalue weighted by molar-refractivity contribution is 5.37. The Kier molecular flexibility index (Phi) is 8.96. The summed E-state index contributed by atoms with van der Waals surface area (Å²) in [7, 11) is 0. The second kappa shape index (κ2) is 13.7. The lowest BCUT2D eigenvalue weighted by Crippen LogP contribution is -2.39. The third kappa shape index (κ3) is 6.58. The van der Waals surface area contributed by atoms with Crippen LogP contribution >= 0.6 is 0 Å². The van der Waals surface area contributed by atoms with Crippen LogP contribution < -0.4 is 10.6 Å². The topological polar surface area (TPSA) is 24.1 Å². The molecule has 206 valence electrons. The maximum absolute atomic E-state index is 4.15. The van der Waals surface area contributed by atoms with Crippen molar-refractivity contribution in [1.29, 1.82) is 0 Å². The van der Waals surface area contributed by atoms with Crippen molar-refractivity contribution in [2.45, 2.75) is 24.2 Å². The number of hydrogen-bond donors (Lipinski definition) is 2. The first-order valence-electron chi connectivity index (χ1n) is 14.7. The Morgan fingerprint density at radius 1 is 0.238 bits per heavy atom. The van der Waals surface area contributed by atoms with E-state index < -0.39 is 0 Å². The largest absolute Gasteiger partial charge is 0.298 e. The molecule has 0 fully saturated rings. The van der Waals surface area contributed by atoms with Crippen LogP contribution in [0.1, 0.15) is 57.5 Å². The standard InChI is InChI=1S/C40H36N2/c1-7-19-31(20-8-1)37(32-21-9-2-10-22-32)41-39(35-27-15-5-16-28-35)40(36-29-17-6-18-30-36)42-38(33-23-11-3-12-24-33)34-25-13-4-14-26-34/h1-30,37-42H/t39-,40-/m0/s1. The van der Waals surface area contributed by atoms with E-state index in [1.165, 1.54) is 33.4 Å². The van der Waals surface area contributed by atoms with E-state index in [0.29, 0.717) is 0 Å². The molecule has 6 rings (SSSR count). The normalized spacial score (nSPS) is 12.7. The van der Waals surface area contributed by atoms with Gasteiger partial charge in [-0.05, 0) is 33.4 Å². The summed E-state index contributed by atoms with van der Waals surface area (Å²) < 4.78 is 0. The van der Waals surface area contributed by atoms with Gasteiger partial charge in [0, 0.05) is 0 Å². The van der Waals surface area contributed by atoms with Gasteiger partial charge in [0.05, 0.1) is 24.2 Å². The fourth-order valence-electron chi connectivity index (χ4n) is 5.80. The van der Waals surface area contributed by atoms with Crippen LogP contribution in [-0.2, 0) is 0 Å². The third-order valence-corrected chi connectivity index (χ3v) is 7.87. The molecule has 0 radical (unpaired) electrons. The van der Waals surface area contributed by atoms with Gasteiger partial charge in [-0.15, -0.1) is 0 Å². The molecule has 2 nitrogen and oxygen atoms in total. The molecule has 0 saturated heterocycles. The van der Waals surface area contributed by atoms with Crippen molar-refractivity contribution in [2.75, 3.05) is 0 Å². The first kappa shape index (κ1) is 27.4. The highest BCUT2D eigenvalue weighted by Gasteiger charge is 2.31. The van der Waals surface area contributed by atoms with Crippen molar-refractivity contribution in [3.63, 3.8) is 0 Å². The van der Waals surface area contributed by atoms with Crippen LogP contribution in [0.2, 0.25) is 0 Å². The number of rotatable bonds is 11. The summed E-state index contributed by atoms with van der Waals surface area (Å²) in [6.07, 6.45) is 0. The summed E-state index contributed by atoms with van der Waals surface area (Å²) in [6, 6.07) is 64.6. The van der Waals surface area contributed by atoms with Gasteiger partial charge < -0.3 is 0 Å². The van der Waals surface area contributed by atoms with E-state index >= 15 is 0 Å². The molecule has 0 aliphatic heterocycles. The smallest absolute Gasteiger partial charge is 0.0582 e. The van der Waals surface area contributed by atoms with Crippen molar-refractivity contribution in [1.82, 2.24) is 10.6 Å². The van der Waals surface area contributed by atoms with Gasteiger partial charge in [0.2, 0.25) is 0 Å². The van der Waals surface area contributed by atoms with Crippen LogP contribution in [0.3, 0.4) is 0 Å². The number of nitrogens with one attached hydrogen (secondary N) is 2. The van der Waals surface area contributed by atoms with Gasteiger partial charge in [-0.3, -0.25) is 10.6 Å². The molecule has 2 atom stereocenters. The molecule has 2 heteroatoms. The average molecular weight is 545 g/mol. The van der Waals surface area contributed by atoms with Crippen LogP contribution in [0.25, 0.3) is 0 Å². The molecule has 0 spiro atoms. The highest BCUT2D eigenvalue weighted by Crippen LogP contribution is 2.37. The fraction of sp³-hybridized carbons (Fsp3) is 0.100. The first-order valence-corrected chi connectivity index (χ1v) is 14.7. The fourth-order valence-corrected chi connectivity index (χ4v) is 5.80. The van der Waals surface area contributed by atoms with Gasteiger partial charge in [0.1, 0.15) is 0 Å². The van der Waals surface area contributed by atoms with Crippen molar-refractivity contribution in [2.24, 2.45) is 0 Å². The first-order chi connectivity index (χ1) is 20.9. The van der Waals surface area contributed by atoms with E-state index in [1.54, 1.807) is 0 Å². The summed E-state index contributed by atoms with van der Waals surface area (Å²) >= 11 is 0. The predicted octanol–water partition coefficient (Wildman–Crippen LogP) is 9.23. The Balaban J connectivity index is 1.49. The van der Waals surface area contributed by atoms with Crippen LogP contribution in [-0.4, -0.2) is 0 Å². The zero-order valence-electron chi connectivity index (χ0n) is 23.6. The van der Waals surface area contributed by atoms with Gasteiger partial charge in [-0.2, -0.15) is 0 Å². The molecular weight excluding hydrogens is 508 g/mol. The Bertz CT molecular complexity index is 1400. The molecule has 0 aromatic heterocycles. The maximum Gasteiger partial charge on any atom is 0.0582 e. The minimum Gasteiger partial charge on any atom is -0.298 e. The second-order valence-corrected chi connectivity index (χ2v) is 10.6. The Labute approximate surface area is 249 Å². The van der Waals surface area contributed by atoms with Crippen molar-refractivity contribution in [3.8, 4) is 0 Å². The summed E-state index contributed by atoms with van der Waals surface area (Å²) in [5.41, 5.74) is 7.41. The van der Waals surface area contributed by atoms with E-state index in [4.69, 9.17) is 0 Å². The summed E-state index contributed by atoms with van der Waals surface area (Å²) in [5.74, 6) is 0. The van der Waals surface area contributed by atoms with E-state index in [-0.39, 0.29) is 24.2 Å². The van der Waals surface area contributed by atoms with Crippen molar-refractivity contribution in [3.05, 3.63) is 215 Å². The van der Waals surface area contributed by atoms with E-state index in [9.17, 15) is 0 Å². The molecule has 2 N–H and O–H groups in total. The summed E-state index contributed by atoms with van der Waals surface area (Å²) in [6.45, 7) is 0. The summed E-state index contributed by atoms with van der Waals surface area (Å²) in [4.78, 5) is 0. The van der Waals surface area contributed by atoms with E-state index in [0.717, 1.165) is 0 Å². The van der Waals surface area contributed by atoms with Crippen LogP contribution in [0.15, 0.2) is 182 Å². The molecule has 0 saturated carbocycles. The second-order valence-electron chi connectivity index (χ2n) is 10.6. The van der Waals surface area contributed by atoms with E-state index in [1.807, 2.05) is 0 Å². The minimum absolute atomic E-state index is 0.00230. The van der Waals surface area contributed by atoms with Gasteiger partial charge in [-0.25, -0.2) is 0 Å². The van der Waals surface area contributed by atoms with Gasteiger partial charge >= 0.3 is 0 Å². The van der Waals surface area contributed by atoms with Gasteiger partial charge in [0.15, 0.2) is 0 Å². The molecule has 0 bridgehead atoms. The van der Waals surface area contributed by atoms with Crippen molar-refractivity contribution >= 4 is 0 Å². The van der Waals surface area contributed by atoms with Crippen LogP contribution in [0, 0.1) is 0 Å². The van der Waals surface area contributed by atoms with Gasteiger partial charge in [-0.1, -0.05) is 182 Å². The quantitative estimate of drug-likeness (QED) is 0.170. The lowest BCUT2D eigenvalue weighted by atomic mass is 9.88. The van der Waals surface area contributed by atoms with Gasteiger partial charge in [0.25, 0.3) is 0 Å². The SMILES string of the molecule is c1ccc(C(N[C@@H](c2ccccc2)[C@@H](NC(c2ccccc2)c2ccccc2)c2ccccc2)c2ccccc2)cc1. The molecule has 0 aliphatic carbocycles. The molecule has 6 aromatic rings. The zero-order valence-corrected chi connectivity index (χ0v) is 23.6. The predicted molar refractivity (Wildman–Crippen MR) is 174 cm³/mol. The summed E-state index contributed by atoms with van der Waals surface area (Å²) in [5, 5.41) is 8.29. The van der Waals surface area contributed by atoms with E-state index in [2.05, 4.69) is 193 Å². The maximum atomic E-state index is 4.15. The highest BCUT2D eigenvalue weighted by atomic mass is 15.1. The zero-order chi connectivity index (χ0) is 28.4. The number of hydrogen-bond acceptors (Lipinski definition) is 2.